The molecule has 2 aromatic rings. The van der Waals surface area contributed by atoms with E-state index in [0.717, 1.165) is 10.0 Å². The van der Waals surface area contributed by atoms with Crippen molar-refractivity contribution in [1.82, 2.24) is 15.3 Å². The van der Waals surface area contributed by atoms with E-state index in [1.165, 1.54) is 0 Å². The van der Waals surface area contributed by atoms with Gasteiger partial charge in [0.1, 0.15) is 5.69 Å². The second kappa shape index (κ2) is 6.32. The Hall–Kier alpha value is -1.17. The smallest absolute Gasteiger partial charge is 0.237 e. The van der Waals surface area contributed by atoms with E-state index in [4.69, 9.17) is 16.3 Å². The molecule has 1 unspecified atom stereocenters. The maximum Gasteiger partial charge on any atom is 0.237 e. The van der Waals surface area contributed by atoms with Crippen molar-refractivity contribution in [3.63, 3.8) is 0 Å². The Labute approximate surface area is 125 Å². The largest absolute Gasteiger partial charge is 0.480 e. The van der Waals surface area contributed by atoms with E-state index in [0.29, 0.717) is 16.6 Å². The van der Waals surface area contributed by atoms with Crippen molar-refractivity contribution in [3.05, 3.63) is 51.3 Å². The fourth-order valence-corrected chi connectivity index (χ4v) is 2.47. The summed E-state index contributed by atoms with van der Waals surface area (Å²) in [6.45, 7) is 0. The van der Waals surface area contributed by atoms with Crippen molar-refractivity contribution < 1.29 is 4.74 Å². The van der Waals surface area contributed by atoms with Gasteiger partial charge in [0.15, 0.2) is 0 Å². The van der Waals surface area contributed by atoms with Crippen molar-refractivity contribution in [1.29, 1.82) is 0 Å². The standard InChI is InChI=1S/C13H13BrClN3O/c1-16-11(9-7-8(14)3-4-10(9)15)12-13(19-2)18-6-5-17-12/h3-7,11,16H,1-2H3. The number of aromatic nitrogens is 2. The molecule has 0 saturated carbocycles. The molecule has 0 fully saturated rings. The molecule has 0 bridgehead atoms. The van der Waals surface area contributed by atoms with E-state index in [9.17, 15) is 0 Å². The summed E-state index contributed by atoms with van der Waals surface area (Å²) in [5.41, 5.74) is 1.62. The monoisotopic (exact) mass is 341 g/mol. The summed E-state index contributed by atoms with van der Waals surface area (Å²) in [6.07, 6.45) is 3.23. The molecule has 6 heteroatoms. The lowest BCUT2D eigenvalue weighted by Gasteiger charge is -2.19. The summed E-state index contributed by atoms with van der Waals surface area (Å²) < 4.78 is 6.21. The van der Waals surface area contributed by atoms with E-state index in [1.54, 1.807) is 19.5 Å². The average Bonchev–Trinajstić information content (AvgIpc) is 2.44. The van der Waals surface area contributed by atoms with E-state index < -0.39 is 0 Å². The third-order valence-corrected chi connectivity index (χ3v) is 3.55. The maximum atomic E-state index is 6.27. The lowest BCUT2D eigenvalue weighted by molar-refractivity contribution is 0.384. The van der Waals surface area contributed by atoms with Gasteiger partial charge in [0.2, 0.25) is 5.88 Å². The summed E-state index contributed by atoms with van der Waals surface area (Å²) in [5.74, 6) is 0.484. The normalized spacial score (nSPS) is 12.2. The Bertz CT molecular complexity index is 580. The van der Waals surface area contributed by atoms with Crippen molar-refractivity contribution in [3.8, 4) is 5.88 Å². The summed E-state index contributed by atoms with van der Waals surface area (Å²) in [7, 11) is 3.42. The Morgan fingerprint density at radius 2 is 2.05 bits per heavy atom. The minimum atomic E-state index is -0.186. The van der Waals surface area contributed by atoms with Crippen LogP contribution in [0.1, 0.15) is 17.3 Å². The Balaban J connectivity index is 2.53. The molecular weight excluding hydrogens is 330 g/mol. The number of ether oxygens (including phenoxy) is 1. The zero-order valence-electron chi connectivity index (χ0n) is 10.5. The van der Waals surface area contributed by atoms with E-state index in [1.807, 2.05) is 25.2 Å². The fourth-order valence-electron chi connectivity index (χ4n) is 1.87. The quantitative estimate of drug-likeness (QED) is 0.927. The van der Waals surface area contributed by atoms with Gasteiger partial charge < -0.3 is 10.1 Å². The van der Waals surface area contributed by atoms with Crippen LogP contribution in [0.15, 0.2) is 35.1 Å². The molecule has 2 rings (SSSR count). The minimum Gasteiger partial charge on any atom is -0.480 e. The highest BCUT2D eigenvalue weighted by Gasteiger charge is 2.21. The van der Waals surface area contributed by atoms with Gasteiger partial charge in [-0.1, -0.05) is 27.5 Å². The predicted octanol–water partition coefficient (Wildman–Crippen LogP) is 3.21. The molecule has 0 spiro atoms. The predicted molar refractivity (Wildman–Crippen MR) is 78.6 cm³/mol. The summed E-state index contributed by atoms with van der Waals surface area (Å²) in [6, 6.07) is 5.51. The van der Waals surface area contributed by atoms with Gasteiger partial charge >= 0.3 is 0 Å². The fraction of sp³-hybridized carbons (Fsp3) is 0.231. The Morgan fingerprint density at radius 3 is 2.74 bits per heavy atom. The molecule has 1 aromatic carbocycles. The number of nitrogens with zero attached hydrogens (tertiary/aromatic N) is 2. The molecular formula is C13H13BrClN3O. The number of rotatable bonds is 4. The number of halogens is 2. The first-order valence-electron chi connectivity index (χ1n) is 5.64. The van der Waals surface area contributed by atoms with Crippen molar-refractivity contribution >= 4 is 27.5 Å². The number of benzene rings is 1. The molecule has 0 saturated heterocycles. The molecule has 4 nitrogen and oxygen atoms in total. The third kappa shape index (κ3) is 3.05. The van der Waals surface area contributed by atoms with Gasteiger partial charge in [-0.2, -0.15) is 0 Å². The van der Waals surface area contributed by atoms with Gasteiger partial charge in [-0.25, -0.2) is 4.98 Å². The zero-order chi connectivity index (χ0) is 13.8. The van der Waals surface area contributed by atoms with Crippen LogP contribution in [0.2, 0.25) is 5.02 Å². The summed E-state index contributed by atoms with van der Waals surface area (Å²) in [4.78, 5) is 8.51. The molecule has 19 heavy (non-hydrogen) atoms. The minimum absolute atomic E-state index is 0.186. The molecule has 100 valence electrons. The van der Waals surface area contributed by atoms with Crippen molar-refractivity contribution in [2.45, 2.75) is 6.04 Å². The Kier molecular flexibility index (Phi) is 4.74. The van der Waals surface area contributed by atoms with Gasteiger partial charge in [0, 0.05) is 21.9 Å². The lowest BCUT2D eigenvalue weighted by atomic mass is 10.0. The first-order valence-corrected chi connectivity index (χ1v) is 6.81. The van der Waals surface area contributed by atoms with Gasteiger partial charge in [0.05, 0.1) is 13.2 Å². The van der Waals surface area contributed by atoms with Crippen LogP contribution < -0.4 is 10.1 Å². The van der Waals surface area contributed by atoms with Gasteiger partial charge in [-0.3, -0.25) is 4.98 Å². The maximum absolute atomic E-state index is 6.27. The van der Waals surface area contributed by atoms with Crippen molar-refractivity contribution in [2.24, 2.45) is 0 Å². The number of nitrogens with one attached hydrogen (secondary N) is 1. The molecule has 0 aliphatic heterocycles. The van der Waals surface area contributed by atoms with E-state index in [2.05, 4.69) is 31.2 Å². The molecule has 1 aromatic heterocycles. The highest BCUT2D eigenvalue weighted by atomic mass is 79.9. The molecule has 1 N–H and O–H groups in total. The van der Waals surface area contributed by atoms with E-state index >= 15 is 0 Å². The highest BCUT2D eigenvalue weighted by Crippen LogP contribution is 2.32. The second-order valence-corrected chi connectivity index (χ2v) is 5.16. The van der Waals surface area contributed by atoms with Crippen LogP contribution in [0.3, 0.4) is 0 Å². The van der Waals surface area contributed by atoms with Gasteiger partial charge in [-0.05, 0) is 30.8 Å². The topological polar surface area (TPSA) is 47.0 Å². The second-order valence-electron chi connectivity index (χ2n) is 3.84. The van der Waals surface area contributed by atoms with Gasteiger partial charge in [0.25, 0.3) is 0 Å². The lowest BCUT2D eigenvalue weighted by Crippen LogP contribution is -2.20. The van der Waals surface area contributed by atoms with Crippen LogP contribution in [0.4, 0.5) is 0 Å². The van der Waals surface area contributed by atoms with Crippen LogP contribution in [0.5, 0.6) is 5.88 Å². The highest BCUT2D eigenvalue weighted by molar-refractivity contribution is 9.10. The summed E-state index contributed by atoms with van der Waals surface area (Å²) in [5, 5.41) is 3.85. The van der Waals surface area contributed by atoms with Gasteiger partial charge in [-0.15, -0.1) is 0 Å². The third-order valence-electron chi connectivity index (χ3n) is 2.72. The molecule has 0 aliphatic carbocycles. The van der Waals surface area contributed by atoms with Crippen LogP contribution in [0, 0.1) is 0 Å². The molecule has 0 amide bonds. The van der Waals surface area contributed by atoms with Crippen LogP contribution in [-0.2, 0) is 0 Å². The molecule has 0 aliphatic rings. The summed E-state index contributed by atoms with van der Waals surface area (Å²) >= 11 is 9.71. The number of hydrogen-bond donors (Lipinski definition) is 1. The molecule has 1 atom stereocenters. The number of hydrogen-bond acceptors (Lipinski definition) is 4. The van der Waals surface area contributed by atoms with E-state index in [-0.39, 0.29) is 6.04 Å². The number of methoxy groups -OCH3 is 1. The zero-order valence-corrected chi connectivity index (χ0v) is 12.9. The van der Waals surface area contributed by atoms with Crippen LogP contribution in [0.25, 0.3) is 0 Å². The average molecular weight is 343 g/mol. The van der Waals surface area contributed by atoms with Crippen molar-refractivity contribution in [2.75, 3.05) is 14.2 Å². The molecule has 1 heterocycles. The SMILES string of the molecule is CNC(c1cc(Br)ccc1Cl)c1nccnc1OC. The van der Waals surface area contributed by atoms with Crippen LogP contribution in [-0.4, -0.2) is 24.1 Å². The first kappa shape index (κ1) is 14.2. The molecule has 0 radical (unpaired) electrons. The first-order chi connectivity index (χ1) is 9.17. The van der Waals surface area contributed by atoms with Crippen LogP contribution >= 0.6 is 27.5 Å². The Morgan fingerprint density at radius 1 is 1.32 bits per heavy atom.